The highest BCUT2D eigenvalue weighted by atomic mass is 32.2. The molecule has 0 bridgehead atoms. The van der Waals surface area contributed by atoms with Crippen molar-refractivity contribution in [1.29, 1.82) is 0 Å². The smallest absolute Gasteiger partial charge is 0.191 e. The van der Waals surface area contributed by atoms with Crippen LogP contribution in [0.25, 0.3) is 11.4 Å². The Kier molecular flexibility index (Phi) is 4.78. The van der Waals surface area contributed by atoms with Crippen LogP contribution in [-0.2, 0) is 6.42 Å². The summed E-state index contributed by atoms with van der Waals surface area (Å²) in [6.07, 6.45) is 7.82. The van der Waals surface area contributed by atoms with Gasteiger partial charge in [0.1, 0.15) is 5.82 Å². The normalized spacial score (nSPS) is 14.0. The average molecular weight is 354 g/mol. The number of hydrogen-bond acceptors (Lipinski definition) is 4. The molecule has 128 valence electrons. The molecule has 25 heavy (non-hydrogen) atoms. The summed E-state index contributed by atoms with van der Waals surface area (Å²) >= 11 is 1.73. The van der Waals surface area contributed by atoms with Gasteiger partial charge < -0.3 is 0 Å². The minimum absolute atomic E-state index is 0.167. The molecule has 0 spiro atoms. The van der Waals surface area contributed by atoms with E-state index in [1.807, 2.05) is 24.4 Å². The van der Waals surface area contributed by atoms with Crippen molar-refractivity contribution < 1.29 is 4.39 Å². The lowest BCUT2D eigenvalue weighted by Crippen LogP contribution is -2.00. The lowest BCUT2D eigenvalue weighted by atomic mass is 10.1. The molecule has 1 aliphatic carbocycles. The van der Waals surface area contributed by atoms with Crippen LogP contribution in [-0.4, -0.2) is 25.5 Å². The third kappa shape index (κ3) is 3.90. The van der Waals surface area contributed by atoms with Gasteiger partial charge in [-0.2, -0.15) is 0 Å². The Hall–Kier alpha value is -2.21. The maximum atomic E-state index is 13.2. The number of nitrogens with zero attached hydrogens (tertiary/aromatic N) is 4. The van der Waals surface area contributed by atoms with Gasteiger partial charge in [-0.15, -0.1) is 10.2 Å². The minimum Gasteiger partial charge on any atom is -0.299 e. The van der Waals surface area contributed by atoms with Gasteiger partial charge in [-0.1, -0.05) is 23.9 Å². The maximum absolute atomic E-state index is 13.2. The summed E-state index contributed by atoms with van der Waals surface area (Å²) in [4.78, 5) is 4.19. The second kappa shape index (κ2) is 7.35. The molecule has 0 saturated heterocycles. The number of hydrogen-bond donors (Lipinski definition) is 0. The van der Waals surface area contributed by atoms with Crippen LogP contribution in [0.15, 0.2) is 53.9 Å². The molecular formula is C19H19FN4S. The van der Waals surface area contributed by atoms with Crippen LogP contribution in [0.5, 0.6) is 0 Å². The first-order chi connectivity index (χ1) is 12.3. The molecule has 6 heteroatoms. The van der Waals surface area contributed by atoms with E-state index in [4.69, 9.17) is 0 Å². The Bertz CT molecular complexity index is 846. The largest absolute Gasteiger partial charge is 0.299 e. The van der Waals surface area contributed by atoms with Gasteiger partial charge in [-0.3, -0.25) is 9.55 Å². The van der Waals surface area contributed by atoms with Crippen molar-refractivity contribution in [3.63, 3.8) is 0 Å². The molecule has 3 aromatic rings. The van der Waals surface area contributed by atoms with E-state index in [1.54, 1.807) is 30.1 Å². The molecule has 1 aromatic carbocycles. The Morgan fingerprint density at radius 2 is 2.08 bits per heavy atom. The molecule has 2 aromatic heterocycles. The topological polar surface area (TPSA) is 43.6 Å². The Labute approximate surface area is 150 Å². The van der Waals surface area contributed by atoms with Crippen LogP contribution in [0.4, 0.5) is 4.39 Å². The van der Waals surface area contributed by atoms with Gasteiger partial charge >= 0.3 is 0 Å². The van der Waals surface area contributed by atoms with Crippen LogP contribution >= 0.6 is 11.8 Å². The number of aryl methyl sites for hydroxylation is 1. The van der Waals surface area contributed by atoms with Crippen LogP contribution in [0.3, 0.4) is 0 Å². The maximum Gasteiger partial charge on any atom is 0.191 e. The fourth-order valence-corrected chi connectivity index (χ4v) is 3.81. The molecule has 4 nitrogen and oxygen atoms in total. The molecule has 0 radical (unpaired) electrons. The van der Waals surface area contributed by atoms with E-state index >= 15 is 0 Å². The molecule has 1 fully saturated rings. The average Bonchev–Trinajstić information content (AvgIpc) is 3.39. The summed E-state index contributed by atoms with van der Waals surface area (Å²) in [6, 6.07) is 11.3. The number of rotatable bonds is 7. The van der Waals surface area contributed by atoms with E-state index < -0.39 is 0 Å². The van der Waals surface area contributed by atoms with Crippen LogP contribution in [0, 0.1) is 5.82 Å². The first-order valence-electron chi connectivity index (χ1n) is 8.54. The summed E-state index contributed by atoms with van der Waals surface area (Å²) in [7, 11) is 0. The van der Waals surface area contributed by atoms with Gasteiger partial charge in [-0.05, 0) is 55.5 Å². The van der Waals surface area contributed by atoms with E-state index in [1.165, 1.54) is 18.9 Å². The second-order valence-electron chi connectivity index (χ2n) is 6.23. The van der Waals surface area contributed by atoms with Crippen LogP contribution in [0.1, 0.15) is 30.9 Å². The molecule has 2 heterocycles. The van der Waals surface area contributed by atoms with Crippen molar-refractivity contribution >= 4 is 11.8 Å². The Morgan fingerprint density at radius 1 is 1.16 bits per heavy atom. The van der Waals surface area contributed by atoms with Crippen molar-refractivity contribution in [1.82, 2.24) is 19.7 Å². The zero-order chi connectivity index (χ0) is 17.1. The van der Waals surface area contributed by atoms with Crippen molar-refractivity contribution in [3.05, 3.63) is 60.2 Å². The lowest BCUT2D eigenvalue weighted by molar-refractivity contribution is 0.625. The van der Waals surface area contributed by atoms with Gasteiger partial charge in [0.25, 0.3) is 0 Å². The molecular weight excluding hydrogens is 335 g/mol. The summed E-state index contributed by atoms with van der Waals surface area (Å²) < 4.78 is 15.5. The predicted octanol–water partition coefficient (Wildman–Crippen LogP) is 4.54. The summed E-state index contributed by atoms with van der Waals surface area (Å²) in [5.41, 5.74) is 2.05. The minimum atomic E-state index is -0.167. The van der Waals surface area contributed by atoms with Crippen molar-refractivity contribution in [3.8, 4) is 11.4 Å². The number of halogens is 1. The fourth-order valence-electron chi connectivity index (χ4n) is 2.86. The standard InChI is InChI=1S/C19H19FN4S/c20-16-7-1-4-14(12-16)5-3-11-25-19-23-22-18(24(19)17-8-9-17)15-6-2-10-21-13-15/h1-2,4,6-7,10,12-13,17H,3,5,8-9,11H2. The zero-order valence-corrected chi connectivity index (χ0v) is 14.6. The van der Waals surface area contributed by atoms with E-state index in [0.29, 0.717) is 6.04 Å². The SMILES string of the molecule is Fc1cccc(CCCSc2nnc(-c3cccnc3)n2C2CC2)c1. The van der Waals surface area contributed by atoms with E-state index in [9.17, 15) is 4.39 Å². The fraction of sp³-hybridized carbons (Fsp3) is 0.316. The highest BCUT2D eigenvalue weighted by molar-refractivity contribution is 7.99. The summed E-state index contributed by atoms with van der Waals surface area (Å²) in [6.45, 7) is 0. The highest BCUT2D eigenvalue weighted by Gasteiger charge is 2.30. The summed E-state index contributed by atoms with van der Waals surface area (Å²) in [5, 5.41) is 9.77. The molecule has 1 aliphatic rings. The third-order valence-corrected chi connectivity index (χ3v) is 5.26. The van der Waals surface area contributed by atoms with Gasteiger partial charge in [0.15, 0.2) is 11.0 Å². The molecule has 4 rings (SSSR count). The number of pyridine rings is 1. The first-order valence-corrected chi connectivity index (χ1v) is 9.52. The van der Waals surface area contributed by atoms with Crippen molar-refractivity contribution in [2.45, 2.75) is 36.9 Å². The zero-order valence-electron chi connectivity index (χ0n) is 13.8. The van der Waals surface area contributed by atoms with Crippen LogP contribution in [0.2, 0.25) is 0 Å². The Balaban J connectivity index is 1.42. The highest BCUT2D eigenvalue weighted by Crippen LogP contribution is 2.41. The summed E-state index contributed by atoms with van der Waals surface area (Å²) in [5.74, 6) is 1.68. The first kappa shape index (κ1) is 16.3. The lowest BCUT2D eigenvalue weighted by Gasteiger charge is -2.08. The van der Waals surface area contributed by atoms with Gasteiger partial charge in [0.05, 0.1) is 0 Å². The van der Waals surface area contributed by atoms with Crippen molar-refractivity contribution in [2.75, 3.05) is 5.75 Å². The molecule has 0 amide bonds. The molecule has 0 N–H and O–H groups in total. The number of thioether (sulfide) groups is 1. The molecule has 1 saturated carbocycles. The molecule has 0 atom stereocenters. The van der Waals surface area contributed by atoms with Crippen LogP contribution < -0.4 is 0 Å². The predicted molar refractivity (Wildman–Crippen MR) is 97.0 cm³/mol. The second-order valence-corrected chi connectivity index (χ2v) is 7.29. The van der Waals surface area contributed by atoms with Gasteiger partial charge in [0.2, 0.25) is 0 Å². The number of benzene rings is 1. The van der Waals surface area contributed by atoms with E-state index in [2.05, 4.69) is 19.7 Å². The monoisotopic (exact) mass is 354 g/mol. The molecule has 0 unspecified atom stereocenters. The van der Waals surface area contributed by atoms with Crippen molar-refractivity contribution in [2.24, 2.45) is 0 Å². The van der Waals surface area contributed by atoms with Gasteiger partial charge in [-0.25, -0.2) is 4.39 Å². The van der Waals surface area contributed by atoms with E-state index in [0.717, 1.165) is 40.7 Å². The quantitative estimate of drug-likeness (QED) is 0.461. The molecule has 0 aliphatic heterocycles. The third-order valence-electron chi connectivity index (χ3n) is 4.23. The number of aromatic nitrogens is 4. The van der Waals surface area contributed by atoms with Gasteiger partial charge in [0, 0.05) is 29.8 Å². The van der Waals surface area contributed by atoms with E-state index in [-0.39, 0.29) is 5.82 Å². The Morgan fingerprint density at radius 3 is 2.84 bits per heavy atom.